The molecule has 0 spiro atoms. The molecule has 18 heavy (non-hydrogen) atoms. The number of aliphatic carboxylic acids is 1. The molecular weight excluding hydrogens is 305 g/mol. The Morgan fingerprint density at radius 2 is 2.17 bits per heavy atom. The summed E-state index contributed by atoms with van der Waals surface area (Å²) in [6.45, 7) is 0.633. The zero-order chi connectivity index (χ0) is 13.3. The Morgan fingerprint density at radius 1 is 1.44 bits per heavy atom. The normalized spacial score (nSPS) is 19.0. The fraction of sp³-hybridized carbons (Fsp3) is 0.333. The molecular formula is C12H11BrFNO3. The number of carboxylic acids is 1. The van der Waals surface area contributed by atoms with Crippen molar-refractivity contribution in [2.45, 2.75) is 6.42 Å². The van der Waals surface area contributed by atoms with Crippen LogP contribution in [-0.2, 0) is 4.79 Å². The molecule has 1 aromatic rings. The standard InChI is InChI=1S/C12H11BrFNO3/c13-9-5-7(1-2-10(9)14)11(16)15-4-3-8(6-15)12(17)18/h1-2,5,8H,3-4,6H2,(H,17,18). The van der Waals surface area contributed by atoms with E-state index in [0.717, 1.165) is 0 Å². The highest BCUT2D eigenvalue weighted by molar-refractivity contribution is 9.10. The van der Waals surface area contributed by atoms with Crippen LogP contribution in [0.2, 0.25) is 0 Å². The van der Waals surface area contributed by atoms with Crippen molar-refractivity contribution >= 4 is 27.8 Å². The summed E-state index contributed by atoms with van der Waals surface area (Å²) in [6, 6.07) is 4.02. The number of carbonyl (C=O) groups is 2. The summed E-state index contributed by atoms with van der Waals surface area (Å²) in [4.78, 5) is 24.4. The first kappa shape index (κ1) is 13.0. The van der Waals surface area contributed by atoms with Gasteiger partial charge in [0.15, 0.2) is 0 Å². The zero-order valence-corrected chi connectivity index (χ0v) is 11.0. The topological polar surface area (TPSA) is 57.6 Å². The predicted octanol–water partition coefficient (Wildman–Crippen LogP) is 2.13. The van der Waals surface area contributed by atoms with E-state index in [9.17, 15) is 14.0 Å². The second kappa shape index (κ2) is 5.06. The fourth-order valence-electron chi connectivity index (χ4n) is 1.96. The third-order valence-electron chi connectivity index (χ3n) is 2.99. The summed E-state index contributed by atoms with van der Waals surface area (Å²) < 4.78 is 13.3. The van der Waals surface area contributed by atoms with Crippen molar-refractivity contribution in [2.24, 2.45) is 5.92 Å². The second-order valence-corrected chi connectivity index (χ2v) is 5.06. The van der Waals surface area contributed by atoms with Crippen molar-refractivity contribution in [2.75, 3.05) is 13.1 Å². The molecule has 2 rings (SSSR count). The molecule has 0 aliphatic carbocycles. The average Bonchev–Trinajstić information content (AvgIpc) is 2.81. The monoisotopic (exact) mass is 315 g/mol. The molecule has 1 aromatic carbocycles. The molecule has 1 amide bonds. The van der Waals surface area contributed by atoms with Crippen LogP contribution in [0.4, 0.5) is 4.39 Å². The van der Waals surface area contributed by atoms with Crippen molar-refractivity contribution in [1.29, 1.82) is 0 Å². The summed E-state index contributed by atoms with van der Waals surface area (Å²) >= 11 is 3.02. The smallest absolute Gasteiger partial charge is 0.308 e. The van der Waals surface area contributed by atoms with Crippen LogP contribution in [0.1, 0.15) is 16.8 Å². The first-order chi connectivity index (χ1) is 8.49. The van der Waals surface area contributed by atoms with Gasteiger partial charge in [-0.2, -0.15) is 0 Å². The van der Waals surface area contributed by atoms with Crippen LogP contribution in [0.5, 0.6) is 0 Å². The van der Waals surface area contributed by atoms with E-state index < -0.39 is 17.7 Å². The van der Waals surface area contributed by atoms with Gasteiger partial charge in [-0.3, -0.25) is 9.59 Å². The highest BCUT2D eigenvalue weighted by Gasteiger charge is 2.31. The predicted molar refractivity (Wildman–Crippen MR) is 65.7 cm³/mol. The molecule has 0 radical (unpaired) electrons. The van der Waals surface area contributed by atoms with Gasteiger partial charge in [-0.25, -0.2) is 4.39 Å². The lowest BCUT2D eigenvalue weighted by molar-refractivity contribution is -0.141. The van der Waals surface area contributed by atoms with Crippen molar-refractivity contribution < 1.29 is 19.1 Å². The van der Waals surface area contributed by atoms with E-state index in [0.29, 0.717) is 18.5 Å². The lowest BCUT2D eigenvalue weighted by Gasteiger charge is -2.16. The number of rotatable bonds is 2. The number of amides is 1. The van der Waals surface area contributed by atoms with E-state index in [1.165, 1.54) is 23.1 Å². The summed E-state index contributed by atoms with van der Waals surface area (Å²) in [6.07, 6.45) is 0.462. The maximum absolute atomic E-state index is 13.1. The van der Waals surface area contributed by atoms with Gasteiger partial charge in [0.25, 0.3) is 5.91 Å². The van der Waals surface area contributed by atoms with E-state index >= 15 is 0 Å². The van der Waals surface area contributed by atoms with Gasteiger partial charge in [0.05, 0.1) is 10.4 Å². The summed E-state index contributed by atoms with van der Waals surface area (Å²) in [7, 11) is 0. The largest absolute Gasteiger partial charge is 0.481 e. The van der Waals surface area contributed by atoms with Crippen LogP contribution < -0.4 is 0 Å². The minimum atomic E-state index is -0.884. The highest BCUT2D eigenvalue weighted by Crippen LogP contribution is 2.22. The molecule has 1 fully saturated rings. The minimum Gasteiger partial charge on any atom is -0.481 e. The van der Waals surface area contributed by atoms with Gasteiger partial charge in [-0.1, -0.05) is 0 Å². The van der Waals surface area contributed by atoms with Gasteiger partial charge in [0, 0.05) is 18.7 Å². The number of carbonyl (C=O) groups excluding carboxylic acids is 1. The number of benzene rings is 1. The van der Waals surface area contributed by atoms with Crippen LogP contribution in [0.15, 0.2) is 22.7 Å². The molecule has 0 bridgehead atoms. The summed E-state index contributed by atoms with van der Waals surface area (Å²) in [5.41, 5.74) is 0.356. The number of hydrogen-bond acceptors (Lipinski definition) is 2. The highest BCUT2D eigenvalue weighted by atomic mass is 79.9. The van der Waals surface area contributed by atoms with E-state index in [4.69, 9.17) is 5.11 Å². The molecule has 1 unspecified atom stereocenters. The van der Waals surface area contributed by atoms with E-state index in [2.05, 4.69) is 15.9 Å². The molecule has 1 saturated heterocycles. The third-order valence-corrected chi connectivity index (χ3v) is 3.60. The van der Waals surface area contributed by atoms with Crippen LogP contribution in [0.3, 0.4) is 0 Å². The first-order valence-electron chi connectivity index (χ1n) is 5.46. The van der Waals surface area contributed by atoms with Gasteiger partial charge < -0.3 is 10.0 Å². The van der Waals surface area contributed by atoms with Crippen molar-refractivity contribution in [3.05, 3.63) is 34.1 Å². The Kier molecular flexibility index (Phi) is 3.65. The lowest BCUT2D eigenvalue weighted by Crippen LogP contribution is -2.29. The van der Waals surface area contributed by atoms with Gasteiger partial charge in [0.2, 0.25) is 0 Å². The second-order valence-electron chi connectivity index (χ2n) is 4.20. The number of nitrogens with zero attached hydrogens (tertiary/aromatic N) is 1. The van der Waals surface area contributed by atoms with Gasteiger partial charge in [-0.15, -0.1) is 0 Å². The zero-order valence-electron chi connectivity index (χ0n) is 9.40. The van der Waals surface area contributed by atoms with Gasteiger partial charge >= 0.3 is 5.97 Å². The Morgan fingerprint density at radius 3 is 2.72 bits per heavy atom. The molecule has 1 atom stereocenters. The maximum atomic E-state index is 13.1. The van der Waals surface area contributed by atoms with Crippen LogP contribution in [-0.4, -0.2) is 35.0 Å². The van der Waals surface area contributed by atoms with E-state index in [1.54, 1.807) is 0 Å². The summed E-state index contributed by atoms with van der Waals surface area (Å²) in [5, 5.41) is 8.87. The van der Waals surface area contributed by atoms with E-state index in [1.807, 2.05) is 0 Å². The van der Waals surface area contributed by atoms with Crippen LogP contribution in [0.25, 0.3) is 0 Å². The first-order valence-corrected chi connectivity index (χ1v) is 6.25. The van der Waals surface area contributed by atoms with Crippen molar-refractivity contribution in [1.82, 2.24) is 4.90 Å². The van der Waals surface area contributed by atoms with Gasteiger partial charge in [0.1, 0.15) is 5.82 Å². The number of likely N-dealkylation sites (tertiary alicyclic amines) is 1. The third kappa shape index (κ3) is 2.53. The molecule has 1 aliphatic heterocycles. The molecule has 1 aliphatic rings. The quantitative estimate of drug-likeness (QED) is 0.909. The number of hydrogen-bond donors (Lipinski definition) is 1. The Balaban J connectivity index is 2.12. The van der Waals surface area contributed by atoms with Crippen LogP contribution >= 0.6 is 15.9 Å². The SMILES string of the molecule is O=C(O)C1CCN(C(=O)c2ccc(F)c(Br)c2)C1. The minimum absolute atomic E-state index is 0.211. The summed E-state index contributed by atoms with van der Waals surface area (Å²) in [5.74, 6) is -2.08. The molecule has 0 aromatic heterocycles. The number of halogens is 2. The molecule has 1 N–H and O–H groups in total. The van der Waals surface area contributed by atoms with Crippen molar-refractivity contribution in [3.8, 4) is 0 Å². The number of carboxylic acid groups (broad SMARTS) is 1. The van der Waals surface area contributed by atoms with Crippen LogP contribution in [0, 0.1) is 11.7 Å². The van der Waals surface area contributed by atoms with E-state index in [-0.39, 0.29) is 16.9 Å². The lowest BCUT2D eigenvalue weighted by atomic mass is 10.1. The molecule has 1 heterocycles. The molecule has 0 saturated carbocycles. The van der Waals surface area contributed by atoms with Gasteiger partial charge in [-0.05, 0) is 40.5 Å². The Bertz CT molecular complexity index is 506. The average molecular weight is 316 g/mol. The van der Waals surface area contributed by atoms with Crippen molar-refractivity contribution in [3.63, 3.8) is 0 Å². The Hall–Kier alpha value is -1.43. The Labute approximate surface area is 112 Å². The molecule has 96 valence electrons. The molecule has 6 heteroatoms. The fourth-order valence-corrected chi connectivity index (χ4v) is 2.34. The maximum Gasteiger partial charge on any atom is 0.308 e. The molecule has 4 nitrogen and oxygen atoms in total.